The van der Waals surface area contributed by atoms with Gasteiger partial charge >= 0.3 is 0 Å². The summed E-state index contributed by atoms with van der Waals surface area (Å²) in [5.74, 6) is 0.996. The molecule has 112 valence electrons. The highest BCUT2D eigenvalue weighted by molar-refractivity contribution is 5.28. The third-order valence-electron chi connectivity index (χ3n) is 3.85. The van der Waals surface area contributed by atoms with Crippen LogP contribution in [-0.2, 0) is 6.54 Å². The molecule has 3 nitrogen and oxygen atoms in total. The molecule has 0 radical (unpaired) electrons. The van der Waals surface area contributed by atoms with E-state index in [2.05, 4.69) is 41.4 Å². The van der Waals surface area contributed by atoms with E-state index in [1.807, 2.05) is 0 Å². The zero-order chi connectivity index (χ0) is 14.0. The number of rotatable bonds is 7. The van der Waals surface area contributed by atoms with Crippen LogP contribution in [0, 0.1) is 0 Å². The lowest BCUT2D eigenvalue weighted by atomic mass is 10.2. The molecule has 0 saturated carbocycles. The van der Waals surface area contributed by atoms with E-state index in [1.165, 1.54) is 44.3 Å². The van der Waals surface area contributed by atoms with Crippen LogP contribution in [0.15, 0.2) is 24.3 Å². The molecule has 1 aromatic rings. The molecule has 2 rings (SSSR count). The number of hydrogen-bond donors (Lipinski definition) is 1. The van der Waals surface area contributed by atoms with E-state index in [0.717, 1.165) is 32.0 Å². The zero-order valence-corrected chi connectivity index (χ0v) is 12.7. The van der Waals surface area contributed by atoms with E-state index >= 15 is 0 Å². The fraction of sp³-hybridized carbons (Fsp3) is 0.647. The highest BCUT2D eigenvalue weighted by atomic mass is 16.5. The molecule has 0 spiro atoms. The molecular formula is C17H28N2O. The third kappa shape index (κ3) is 5.51. The Morgan fingerprint density at radius 3 is 2.70 bits per heavy atom. The second-order valence-electron chi connectivity index (χ2n) is 5.53. The van der Waals surface area contributed by atoms with Crippen LogP contribution in [-0.4, -0.2) is 37.7 Å². The molecule has 3 heteroatoms. The SMILES string of the molecule is CCNCc1cccc(OCCN2CCCCCC2)c1. The average molecular weight is 276 g/mol. The molecule has 0 aliphatic carbocycles. The molecule has 0 amide bonds. The average Bonchev–Trinajstić information content (AvgIpc) is 2.74. The minimum atomic E-state index is 0.796. The van der Waals surface area contributed by atoms with Gasteiger partial charge in [0, 0.05) is 13.1 Å². The van der Waals surface area contributed by atoms with Crippen molar-refractivity contribution in [1.82, 2.24) is 10.2 Å². The summed E-state index contributed by atoms with van der Waals surface area (Å²) in [5.41, 5.74) is 1.29. The standard InChI is InChI=1S/C17H28N2O/c1-2-18-15-16-8-7-9-17(14-16)20-13-12-19-10-5-3-4-6-11-19/h7-9,14,18H,2-6,10-13,15H2,1H3. The molecule has 1 N–H and O–H groups in total. The molecule has 0 aromatic heterocycles. The molecule has 0 unspecified atom stereocenters. The van der Waals surface area contributed by atoms with Crippen molar-refractivity contribution in [3.8, 4) is 5.75 Å². The van der Waals surface area contributed by atoms with E-state index in [-0.39, 0.29) is 0 Å². The van der Waals surface area contributed by atoms with Gasteiger partial charge < -0.3 is 10.1 Å². The van der Waals surface area contributed by atoms with Crippen molar-refractivity contribution in [3.05, 3.63) is 29.8 Å². The van der Waals surface area contributed by atoms with Crippen molar-refractivity contribution in [2.24, 2.45) is 0 Å². The van der Waals surface area contributed by atoms with Crippen molar-refractivity contribution in [3.63, 3.8) is 0 Å². The molecule has 1 saturated heterocycles. The third-order valence-corrected chi connectivity index (χ3v) is 3.85. The maximum Gasteiger partial charge on any atom is 0.119 e. The number of nitrogens with one attached hydrogen (secondary N) is 1. The van der Waals surface area contributed by atoms with Crippen molar-refractivity contribution in [1.29, 1.82) is 0 Å². The molecule has 1 heterocycles. The fourth-order valence-electron chi connectivity index (χ4n) is 2.67. The van der Waals surface area contributed by atoms with E-state index in [0.29, 0.717) is 0 Å². The summed E-state index contributed by atoms with van der Waals surface area (Å²) in [6.45, 7) is 8.37. The number of likely N-dealkylation sites (tertiary alicyclic amines) is 1. The summed E-state index contributed by atoms with van der Waals surface area (Å²) in [4.78, 5) is 2.54. The van der Waals surface area contributed by atoms with Gasteiger partial charge in [-0.05, 0) is 50.2 Å². The predicted octanol–water partition coefficient (Wildman–Crippen LogP) is 3.05. The Kier molecular flexibility index (Phi) is 6.89. The van der Waals surface area contributed by atoms with Crippen LogP contribution in [0.4, 0.5) is 0 Å². The lowest BCUT2D eigenvalue weighted by Gasteiger charge is -2.19. The molecule has 1 aromatic carbocycles. The quantitative estimate of drug-likeness (QED) is 0.828. The summed E-state index contributed by atoms with van der Waals surface area (Å²) in [6, 6.07) is 8.42. The van der Waals surface area contributed by atoms with Crippen molar-refractivity contribution in [2.75, 3.05) is 32.8 Å². The molecule has 1 aliphatic heterocycles. The minimum Gasteiger partial charge on any atom is -0.492 e. The Labute approximate surface area is 123 Å². The Bertz CT molecular complexity index is 373. The first-order chi connectivity index (χ1) is 9.88. The van der Waals surface area contributed by atoms with E-state index in [1.54, 1.807) is 0 Å². The van der Waals surface area contributed by atoms with Gasteiger partial charge in [-0.25, -0.2) is 0 Å². The van der Waals surface area contributed by atoms with Crippen molar-refractivity contribution >= 4 is 0 Å². The minimum absolute atomic E-state index is 0.796. The number of nitrogens with zero attached hydrogens (tertiary/aromatic N) is 1. The van der Waals surface area contributed by atoms with Gasteiger partial charge in [0.15, 0.2) is 0 Å². The summed E-state index contributed by atoms with van der Waals surface area (Å²) >= 11 is 0. The van der Waals surface area contributed by atoms with Gasteiger partial charge in [0.25, 0.3) is 0 Å². The molecule has 0 atom stereocenters. The van der Waals surface area contributed by atoms with Gasteiger partial charge in [-0.3, -0.25) is 4.90 Å². The maximum absolute atomic E-state index is 5.90. The first-order valence-electron chi connectivity index (χ1n) is 8.03. The Morgan fingerprint density at radius 1 is 1.15 bits per heavy atom. The Morgan fingerprint density at radius 2 is 1.95 bits per heavy atom. The lowest BCUT2D eigenvalue weighted by Crippen LogP contribution is -2.29. The molecule has 1 fully saturated rings. The fourth-order valence-corrected chi connectivity index (χ4v) is 2.67. The van der Waals surface area contributed by atoms with E-state index in [4.69, 9.17) is 4.74 Å². The largest absolute Gasteiger partial charge is 0.492 e. The van der Waals surface area contributed by atoms with Crippen LogP contribution in [0.5, 0.6) is 5.75 Å². The monoisotopic (exact) mass is 276 g/mol. The van der Waals surface area contributed by atoms with Crippen LogP contribution < -0.4 is 10.1 Å². The van der Waals surface area contributed by atoms with Crippen LogP contribution in [0.25, 0.3) is 0 Å². The maximum atomic E-state index is 5.90. The molecule has 1 aliphatic rings. The van der Waals surface area contributed by atoms with Crippen LogP contribution >= 0.6 is 0 Å². The van der Waals surface area contributed by atoms with Gasteiger partial charge in [-0.2, -0.15) is 0 Å². The first kappa shape index (κ1) is 15.3. The van der Waals surface area contributed by atoms with Gasteiger partial charge in [0.2, 0.25) is 0 Å². The van der Waals surface area contributed by atoms with E-state index in [9.17, 15) is 0 Å². The first-order valence-corrected chi connectivity index (χ1v) is 8.03. The normalized spacial score (nSPS) is 16.9. The molecule has 0 bridgehead atoms. The second-order valence-corrected chi connectivity index (χ2v) is 5.53. The van der Waals surface area contributed by atoms with Crippen LogP contribution in [0.3, 0.4) is 0 Å². The smallest absolute Gasteiger partial charge is 0.119 e. The second kappa shape index (κ2) is 8.98. The predicted molar refractivity (Wildman–Crippen MR) is 84.2 cm³/mol. The van der Waals surface area contributed by atoms with E-state index < -0.39 is 0 Å². The number of benzene rings is 1. The van der Waals surface area contributed by atoms with Crippen molar-refractivity contribution < 1.29 is 4.74 Å². The zero-order valence-electron chi connectivity index (χ0n) is 12.7. The highest BCUT2D eigenvalue weighted by Gasteiger charge is 2.08. The summed E-state index contributed by atoms with van der Waals surface area (Å²) in [6.07, 6.45) is 5.48. The summed E-state index contributed by atoms with van der Waals surface area (Å²) in [7, 11) is 0. The van der Waals surface area contributed by atoms with Gasteiger partial charge in [-0.15, -0.1) is 0 Å². The Balaban J connectivity index is 1.72. The summed E-state index contributed by atoms with van der Waals surface area (Å²) in [5, 5.41) is 3.34. The van der Waals surface area contributed by atoms with Gasteiger partial charge in [0.05, 0.1) is 0 Å². The molecule has 20 heavy (non-hydrogen) atoms. The topological polar surface area (TPSA) is 24.5 Å². The van der Waals surface area contributed by atoms with Crippen LogP contribution in [0.1, 0.15) is 38.2 Å². The van der Waals surface area contributed by atoms with Crippen molar-refractivity contribution in [2.45, 2.75) is 39.2 Å². The highest BCUT2D eigenvalue weighted by Crippen LogP contribution is 2.14. The van der Waals surface area contributed by atoms with Crippen LogP contribution in [0.2, 0.25) is 0 Å². The summed E-state index contributed by atoms with van der Waals surface area (Å²) < 4.78 is 5.90. The lowest BCUT2D eigenvalue weighted by molar-refractivity contribution is 0.214. The van der Waals surface area contributed by atoms with Gasteiger partial charge in [-0.1, -0.05) is 31.9 Å². The Hall–Kier alpha value is -1.06. The number of hydrogen-bond acceptors (Lipinski definition) is 3. The van der Waals surface area contributed by atoms with Gasteiger partial charge in [0.1, 0.15) is 12.4 Å². The number of ether oxygens (including phenoxy) is 1. The molecular weight excluding hydrogens is 248 g/mol.